The van der Waals surface area contributed by atoms with Crippen molar-refractivity contribution in [1.82, 2.24) is 10.3 Å². The lowest BCUT2D eigenvalue weighted by atomic mass is 10.0. The van der Waals surface area contributed by atoms with Crippen molar-refractivity contribution in [2.75, 3.05) is 0 Å². The number of carboxylic acid groups (broad SMARTS) is 1. The lowest BCUT2D eigenvalue weighted by Gasteiger charge is -2.15. The number of aromatic nitrogens is 1. The van der Waals surface area contributed by atoms with Gasteiger partial charge in [0.2, 0.25) is 0 Å². The van der Waals surface area contributed by atoms with E-state index < -0.39 is 17.9 Å². The molecule has 0 bridgehead atoms. The van der Waals surface area contributed by atoms with Gasteiger partial charge in [-0.05, 0) is 24.5 Å². The number of hydrogen-bond acceptors (Lipinski definition) is 5. The minimum absolute atomic E-state index is 0.167. The van der Waals surface area contributed by atoms with Gasteiger partial charge in [-0.25, -0.2) is 9.78 Å². The molecule has 2 aromatic heterocycles. The maximum atomic E-state index is 12.1. The van der Waals surface area contributed by atoms with Crippen molar-refractivity contribution < 1.29 is 19.1 Å². The van der Waals surface area contributed by atoms with Crippen molar-refractivity contribution in [3.8, 4) is 10.8 Å². The smallest absolute Gasteiger partial charge is 0.326 e. The first-order chi connectivity index (χ1) is 9.97. The predicted molar refractivity (Wildman–Crippen MR) is 78.2 cm³/mol. The summed E-state index contributed by atoms with van der Waals surface area (Å²) in [6.07, 6.45) is 1.90. The summed E-state index contributed by atoms with van der Waals surface area (Å²) in [7, 11) is 0. The molecular formula is C14H16N2O4S. The number of rotatable bonds is 6. The van der Waals surface area contributed by atoms with E-state index in [1.54, 1.807) is 17.5 Å². The van der Waals surface area contributed by atoms with Gasteiger partial charge in [-0.2, -0.15) is 0 Å². The summed E-state index contributed by atoms with van der Waals surface area (Å²) in [5, 5.41) is 13.8. The monoisotopic (exact) mass is 308 g/mol. The zero-order valence-corrected chi connectivity index (χ0v) is 12.5. The number of thiazole rings is 1. The quantitative estimate of drug-likeness (QED) is 0.855. The highest BCUT2D eigenvalue weighted by molar-refractivity contribution is 7.13. The molecule has 0 saturated heterocycles. The predicted octanol–water partition coefficient (Wildman–Crippen LogP) is 2.63. The molecule has 2 rings (SSSR count). The second-order valence-corrected chi connectivity index (χ2v) is 5.87. The Balaban J connectivity index is 2.07. The first-order valence-corrected chi connectivity index (χ1v) is 7.38. The Morgan fingerprint density at radius 2 is 2.24 bits per heavy atom. The number of carboxylic acids is 1. The largest absolute Gasteiger partial charge is 0.480 e. The fourth-order valence-electron chi connectivity index (χ4n) is 1.82. The molecule has 0 aliphatic heterocycles. The number of carbonyl (C=O) groups excluding carboxylic acids is 1. The Morgan fingerprint density at radius 3 is 2.81 bits per heavy atom. The van der Waals surface area contributed by atoms with Crippen LogP contribution in [0, 0.1) is 5.92 Å². The molecule has 0 aromatic carbocycles. The summed E-state index contributed by atoms with van der Waals surface area (Å²) in [6, 6.07) is 2.57. The fraction of sp³-hybridized carbons (Fsp3) is 0.357. The molecule has 0 spiro atoms. The summed E-state index contributed by atoms with van der Waals surface area (Å²) in [5.41, 5.74) is 0.196. The van der Waals surface area contributed by atoms with Gasteiger partial charge in [-0.3, -0.25) is 4.79 Å². The average molecular weight is 308 g/mol. The molecule has 2 aromatic rings. The molecule has 7 heteroatoms. The van der Waals surface area contributed by atoms with E-state index in [1.807, 2.05) is 13.8 Å². The number of amides is 1. The molecule has 112 valence electrons. The van der Waals surface area contributed by atoms with Crippen molar-refractivity contribution in [1.29, 1.82) is 0 Å². The molecule has 0 aliphatic carbocycles. The number of furan rings is 1. The Labute approximate surface area is 125 Å². The minimum atomic E-state index is -1.04. The Bertz CT molecular complexity index is 619. The maximum absolute atomic E-state index is 12.1. The van der Waals surface area contributed by atoms with E-state index >= 15 is 0 Å². The lowest BCUT2D eigenvalue weighted by Crippen LogP contribution is -2.41. The molecule has 1 amide bonds. The fourth-order valence-corrected chi connectivity index (χ4v) is 2.58. The third kappa shape index (κ3) is 3.91. The van der Waals surface area contributed by atoms with Crippen molar-refractivity contribution in [3.63, 3.8) is 0 Å². The Kier molecular flexibility index (Phi) is 4.74. The number of carbonyl (C=O) groups is 2. The van der Waals surface area contributed by atoms with Gasteiger partial charge in [0, 0.05) is 5.38 Å². The van der Waals surface area contributed by atoms with Crippen LogP contribution in [0.4, 0.5) is 0 Å². The number of hydrogen-bond donors (Lipinski definition) is 2. The first kappa shape index (κ1) is 15.2. The summed E-state index contributed by atoms with van der Waals surface area (Å²) in [5.74, 6) is -0.785. The topological polar surface area (TPSA) is 92.4 Å². The van der Waals surface area contributed by atoms with E-state index in [0.717, 1.165) is 0 Å². The zero-order chi connectivity index (χ0) is 15.4. The van der Waals surface area contributed by atoms with E-state index in [9.17, 15) is 9.59 Å². The van der Waals surface area contributed by atoms with Crippen LogP contribution in [0.25, 0.3) is 10.8 Å². The highest BCUT2D eigenvalue weighted by Gasteiger charge is 2.23. The second kappa shape index (κ2) is 6.53. The van der Waals surface area contributed by atoms with Gasteiger partial charge in [0.25, 0.3) is 5.91 Å². The molecule has 2 heterocycles. The molecule has 0 saturated carbocycles. The van der Waals surface area contributed by atoms with Crippen LogP contribution in [-0.4, -0.2) is 28.0 Å². The molecule has 21 heavy (non-hydrogen) atoms. The van der Waals surface area contributed by atoms with Crippen LogP contribution in [0.1, 0.15) is 30.8 Å². The van der Waals surface area contributed by atoms with Gasteiger partial charge in [0.15, 0.2) is 10.8 Å². The van der Waals surface area contributed by atoms with Crippen molar-refractivity contribution in [3.05, 3.63) is 29.5 Å². The lowest BCUT2D eigenvalue weighted by molar-refractivity contribution is -0.139. The average Bonchev–Trinajstić information content (AvgIpc) is 3.08. The van der Waals surface area contributed by atoms with Gasteiger partial charge in [0.1, 0.15) is 11.7 Å². The normalized spacial score (nSPS) is 12.3. The van der Waals surface area contributed by atoms with Crippen molar-refractivity contribution in [2.45, 2.75) is 26.3 Å². The summed E-state index contributed by atoms with van der Waals surface area (Å²) < 4.78 is 5.21. The molecular weight excluding hydrogens is 292 g/mol. The van der Waals surface area contributed by atoms with Crippen LogP contribution in [0.15, 0.2) is 28.2 Å². The van der Waals surface area contributed by atoms with Gasteiger partial charge in [-0.15, -0.1) is 11.3 Å². The van der Waals surface area contributed by atoms with Gasteiger partial charge in [0.05, 0.1) is 6.26 Å². The minimum Gasteiger partial charge on any atom is -0.480 e. The Morgan fingerprint density at radius 1 is 1.48 bits per heavy atom. The number of nitrogens with zero attached hydrogens (tertiary/aromatic N) is 1. The van der Waals surface area contributed by atoms with Crippen molar-refractivity contribution >= 4 is 23.2 Å². The van der Waals surface area contributed by atoms with E-state index in [-0.39, 0.29) is 11.6 Å². The molecule has 1 atom stereocenters. The molecule has 2 N–H and O–H groups in total. The van der Waals surface area contributed by atoms with Crippen LogP contribution in [0.5, 0.6) is 0 Å². The molecule has 0 radical (unpaired) electrons. The van der Waals surface area contributed by atoms with E-state index in [0.29, 0.717) is 17.2 Å². The summed E-state index contributed by atoms with van der Waals surface area (Å²) >= 11 is 1.27. The second-order valence-electron chi connectivity index (χ2n) is 5.01. The molecule has 0 aliphatic rings. The molecule has 6 nitrogen and oxygen atoms in total. The number of aliphatic carboxylic acids is 1. The standard InChI is InChI=1S/C14H16N2O4S/c1-8(2)6-9(14(18)19)15-12(17)10-7-21-13(16-10)11-4-3-5-20-11/h3-5,7-9H,6H2,1-2H3,(H,15,17)(H,18,19). The van der Waals surface area contributed by atoms with Crippen LogP contribution in [0.3, 0.4) is 0 Å². The van der Waals surface area contributed by atoms with E-state index in [1.165, 1.54) is 17.6 Å². The van der Waals surface area contributed by atoms with Gasteiger partial charge >= 0.3 is 5.97 Å². The highest BCUT2D eigenvalue weighted by Crippen LogP contribution is 2.23. The third-order valence-electron chi connectivity index (χ3n) is 2.78. The molecule has 0 fully saturated rings. The first-order valence-electron chi connectivity index (χ1n) is 6.50. The van der Waals surface area contributed by atoms with E-state index in [2.05, 4.69) is 10.3 Å². The SMILES string of the molecule is CC(C)CC(NC(=O)c1csc(-c2ccco2)n1)C(=O)O. The summed E-state index contributed by atoms with van der Waals surface area (Å²) in [4.78, 5) is 27.4. The van der Waals surface area contributed by atoms with Crippen LogP contribution >= 0.6 is 11.3 Å². The van der Waals surface area contributed by atoms with Crippen LogP contribution in [0.2, 0.25) is 0 Å². The van der Waals surface area contributed by atoms with Gasteiger partial charge < -0.3 is 14.8 Å². The number of nitrogens with one attached hydrogen (secondary N) is 1. The third-order valence-corrected chi connectivity index (χ3v) is 3.64. The van der Waals surface area contributed by atoms with Crippen LogP contribution < -0.4 is 5.32 Å². The highest BCUT2D eigenvalue weighted by atomic mass is 32.1. The van der Waals surface area contributed by atoms with Crippen molar-refractivity contribution in [2.24, 2.45) is 5.92 Å². The zero-order valence-electron chi connectivity index (χ0n) is 11.7. The van der Waals surface area contributed by atoms with Crippen LogP contribution in [-0.2, 0) is 4.79 Å². The maximum Gasteiger partial charge on any atom is 0.326 e. The Hall–Kier alpha value is -2.15. The summed E-state index contributed by atoms with van der Waals surface area (Å²) in [6.45, 7) is 3.81. The molecule has 1 unspecified atom stereocenters. The van der Waals surface area contributed by atoms with Gasteiger partial charge in [-0.1, -0.05) is 13.8 Å². The van der Waals surface area contributed by atoms with E-state index in [4.69, 9.17) is 9.52 Å².